The number of benzene rings is 2. The third-order valence-corrected chi connectivity index (χ3v) is 2.97. The summed E-state index contributed by atoms with van der Waals surface area (Å²) >= 11 is 0. The van der Waals surface area contributed by atoms with Gasteiger partial charge in [-0.1, -0.05) is 12.1 Å². The van der Waals surface area contributed by atoms with Gasteiger partial charge in [0.05, 0.1) is 0 Å². The van der Waals surface area contributed by atoms with Crippen LogP contribution in [0.3, 0.4) is 0 Å². The molecule has 0 unspecified atom stereocenters. The van der Waals surface area contributed by atoms with Crippen LogP contribution in [0.15, 0.2) is 42.5 Å². The van der Waals surface area contributed by atoms with E-state index in [1.807, 2.05) is 0 Å². The molecule has 0 aromatic heterocycles. The van der Waals surface area contributed by atoms with Crippen molar-refractivity contribution in [1.29, 1.82) is 0 Å². The van der Waals surface area contributed by atoms with Crippen LogP contribution in [0.25, 0.3) is 0 Å². The van der Waals surface area contributed by atoms with Crippen molar-refractivity contribution in [3.8, 4) is 5.75 Å². The normalized spacial score (nSPS) is 10.1. The standard InChI is InChI=1S/C17H15F2NO4/c1-11-5-6-13(8-15(11)19)20-16(21)9-24-17(22)10-23-14-4-2-3-12(18)7-14/h2-8H,9-10H2,1H3,(H,20,21). The van der Waals surface area contributed by atoms with Crippen molar-refractivity contribution < 1.29 is 27.8 Å². The number of hydrogen-bond donors (Lipinski definition) is 1. The van der Waals surface area contributed by atoms with E-state index in [1.54, 1.807) is 6.92 Å². The fourth-order valence-electron chi connectivity index (χ4n) is 1.75. The summed E-state index contributed by atoms with van der Waals surface area (Å²) in [6.07, 6.45) is 0. The van der Waals surface area contributed by atoms with Crippen molar-refractivity contribution >= 4 is 17.6 Å². The Kier molecular flexibility index (Phi) is 5.83. The van der Waals surface area contributed by atoms with E-state index in [1.165, 1.54) is 36.4 Å². The van der Waals surface area contributed by atoms with Gasteiger partial charge in [0.2, 0.25) is 0 Å². The monoisotopic (exact) mass is 335 g/mol. The van der Waals surface area contributed by atoms with Gasteiger partial charge in [0.25, 0.3) is 5.91 Å². The van der Waals surface area contributed by atoms with Gasteiger partial charge in [-0.15, -0.1) is 0 Å². The number of hydrogen-bond acceptors (Lipinski definition) is 4. The van der Waals surface area contributed by atoms with E-state index in [0.717, 1.165) is 6.07 Å². The van der Waals surface area contributed by atoms with Gasteiger partial charge in [-0.25, -0.2) is 13.6 Å². The minimum atomic E-state index is -0.788. The Bertz CT molecular complexity index is 749. The number of amides is 1. The van der Waals surface area contributed by atoms with Crippen molar-refractivity contribution in [2.75, 3.05) is 18.5 Å². The molecule has 0 saturated carbocycles. The summed E-state index contributed by atoms with van der Waals surface area (Å²) in [5.41, 5.74) is 0.712. The molecule has 0 saturated heterocycles. The molecule has 5 nitrogen and oxygen atoms in total. The lowest BCUT2D eigenvalue weighted by Gasteiger charge is -2.08. The van der Waals surface area contributed by atoms with E-state index in [-0.39, 0.29) is 11.4 Å². The Labute approximate surface area is 137 Å². The average Bonchev–Trinajstić information content (AvgIpc) is 2.54. The van der Waals surface area contributed by atoms with Gasteiger partial charge >= 0.3 is 5.97 Å². The zero-order chi connectivity index (χ0) is 17.5. The van der Waals surface area contributed by atoms with E-state index in [0.29, 0.717) is 5.56 Å². The number of rotatable bonds is 6. The molecule has 0 bridgehead atoms. The van der Waals surface area contributed by atoms with E-state index >= 15 is 0 Å². The maximum atomic E-state index is 13.4. The van der Waals surface area contributed by atoms with E-state index in [2.05, 4.69) is 5.32 Å². The van der Waals surface area contributed by atoms with Crippen molar-refractivity contribution in [3.63, 3.8) is 0 Å². The molecule has 7 heteroatoms. The Morgan fingerprint density at radius 2 is 1.88 bits per heavy atom. The number of nitrogens with one attached hydrogen (secondary N) is 1. The number of halogens is 2. The molecular formula is C17H15F2NO4. The Morgan fingerprint density at radius 3 is 2.58 bits per heavy atom. The second-order valence-corrected chi connectivity index (χ2v) is 4.92. The van der Waals surface area contributed by atoms with Crippen LogP contribution in [0, 0.1) is 18.6 Å². The number of ether oxygens (including phenoxy) is 2. The molecule has 1 N–H and O–H groups in total. The van der Waals surface area contributed by atoms with Gasteiger partial charge in [0.1, 0.15) is 17.4 Å². The van der Waals surface area contributed by atoms with Gasteiger partial charge in [-0.3, -0.25) is 4.79 Å². The Balaban J connectivity index is 1.74. The lowest BCUT2D eigenvalue weighted by Crippen LogP contribution is -2.23. The van der Waals surface area contributed by atoms with Crippen LogP contribution in [-0.4, -0.2) is 25.1 Å². The number of anilines is 1. The highest BCUT2D eigenvalue weighted by Gasteiger charge is 2.10. The van der Waals surface area contributed by atoms with Crippen molar-refractivity contribution in [3.05, 3.63) is 59.7 Å². The smallest absolute Gasteiger partial charge is 0.344 e. The molecule has 126 valence electrons. The van der Waals surface area contributed by atoms with Crippen LogP contribution >= 0.6 is 0 Å². The molecule has 0 radical (unpaired) electrons. The van der Waals surface area contributed by atoms with E-state index in [4.69, 9.17) is 9.47 Å². The molecule has 2 rings (SSSR count). The zero-order valence-electron chi connectivity index (χ0n) is 12.8. The summed E-state index contributed by atoms with van der Waals surface area (Å²) in [5.74, 6) is -2.17. The quantitative estimate of drug-likeness (QED) is 0.825. The molecule has 24 heavy (non-hydrogen) atoms. The predicted octanol–water partition coefficient (Wildman–Crippen LogP) is 2.83. The molecule has 0 aliphatic rings. The number of carbonyl (C=O) groups is 2. The predicted molar refractivity (Wildman–Crippen MR) is 82.6 cm³/mol. The first-order valence-corrected chi connectivity index (χ1v) is 7.04. The summed E-state index contributed by atoms with van der Waals surface area (Å²) < 4.78 is 36.0. The lowest BCUT2D eigenvalue weighted by molar-refractivity contribution is -0.149. The molecule has 2 aromatic rings. The SMILES string of the molecule is Cc1ccc(NC(=O)COC(=O)COc2cccc(F)c2)cc1F. The van der Waals surface area contributed by atoms with Gasteiger partial charge in [0.15, 0.2) is 13.2 Å². The highest BCUT2D eigenvalue weighted by atomic mass is 19.1. The fourth-order valence-corrected chi connectivity index (χ4v) is 1.75. The molecule has 0 atom stereocenters. The van der Waals surface area contributed by atoms with E-state index < -0.39 is 36.7 Å². The third kappa shape index (κ3) is 5.35. The highest BCUT2D eigenvalue weighted by Crippen LogP contribution is 2.13. The summed E-state index contributed by atoms with van der Waals surface area (Å²) in [4.78, 5) is 23.1. The number of aryl methyl sites for hydroxylation is 1. The van der Waals surface area contributed by atoms with Crippen molar-refractivity contribution in [1.82, 2.24) is 0 Å². The molecule has 0 heterocycles. The molecule has 0 aliphatic heterocycles. The maximum Gasteiger partial charge on any atom is 0.344 e. The number of esters is 1. The number of carbonyl (C=O) groups excluding carboxylic acids is 2. The van der Waals surface area contributed by atoms with Crippen molar-refractivity contribution in [2.45, 2.75) is 6.92 Å². The van der Waals surface area contributed by atoms with Crippen molar-refractivity contribution in [2.24, 2.45) is 0 Å². The fraction of sp³-hybridized carbons (Fsp3) is 0.176. The van der Waals surface area contributed by atoms with Crippen LogP contribution in [0.2, 0.25) is 0 Å². The summed E-state index contributed by atoms with van der Waals surface area (Å²) in [6.45, 7) is 0.595. The van der Waals surface area contributed by atoms with E-state index in [9.17, 15) is 18.4 Å². The first-order chi connectivity index (χ1) is 11.4. The maximum absolute atomic E-state index is 13.4. The highest BCUT2D eigenvalue weighted by molar-refractivity contribution is 5.92. The largest absolute Gasteiger partial charge is 0.482 e. The molecule has 2 aromatic carbocycles. The summed E-state index contributed by atoms with van der Waals surface area (Å²) in [5, 5.41) is 2.40. The molecular weight excluding hydrogens is 320 g/mol. The molecule has 0 aliphatic carbocycles. The second-order valence-electron chi connectivity index (χ2n) is 4.92. The summed E-state index contributed by atoms with van der Waals surface area (Å²) in [7, 11) is 0. The third-order valence-electron chi connectivity index (χ3n) is 2.97. The first-order valence-electron chi connectivity index (χ1n) is 7.04. The topological polar surface area (TPSA) is 64.6 Å². The second kappa shape index (κ2) is 8.05. The van der Waals surface area contributed by atoms with Gasteiger partial charge in [-0.05, 0) is 36.8 Å². The average molecular weight is 335 g/mol. The Morgan fingerprint density at radius 1 is 1.08 bits per heavy atom. The minimum absolute atomic E-state index is 0.173. The van der Waals surface area contributed by atoms with Crippen LogP contribution in [0.5, 0.6) is 5.75 Å². The zero-order valence-corrected chi connectivity index (χ0v) is 12.8. The van der Waals surface area contributed by atoms with Crippen LogP contribution < -0.4 is 10.1 Å². The minimum Gasteiger partial charge on any atom is -0.482 e. The molecule has 0 fully saturated rings. The molecule has 0 spiro atoms. The Hall–Kier alpha value is -2.96. The van der Waals surface area contributed by atoms with Gasteiger partial charge in [0, 0.05) is 11.8 Å². The lowest BCUT2D eigenvalue weighted by atomic mass is 10.2. The van der Waals surface area contributed by atoms with Gasteiger partial charge < -0.3 is 14.8 Å². The van der Waals surface area contributed by atoms with Crippen LogP contribution in [0.1, 0.15) is 5.56 Å². The van der Waals surface area contributed by atoms with Crippen LogP contribution in [-0.2, 0) is 14.3 Å². The van der Waals surface area contributed by atoms with Gasteiger partial charge in [-0.2, -0.15) is 0 Å². The van der Waals surface area contributed by atoms with Crippen LogP contribution in [0.4, 0.5) is 14.5 Å². The first kappa shape index (κ1) is 17.4. The summed E-state index contributed by atoms with van der Waals surface area (Å²) in [6, 6.07) is 9.49. The molecule has 1 amide bonds.